The fraction of sp³-hybridized carbons (Fsp3) is 0.143. The van der Waals surface area contributed by atoms with Crippen LogP contribution in [0.15, 0.2) is 48.5 Å². The molecule has 0 bridgehead atoms. The molecule has 0 aliphatic rings. The molecule has 2 aromatic carbocycles. The molecule has 10 nitrogen and oxygen atoms in total. The lowest BCUT2D eigenvalue weighted by Gasteiger charge is -2.13. The van der Waals surface area contributed by atoms with Crippen LogP contribution in [0.3, 0.4) is 0 Å². The van der Waals surface area contributed by atoms with Gasteiger partial charge in [-0.05, 0) is 25.0 Å². The van der Waals surface area contributed by atoms with Crippen LogP contribution in [0.4, 0.5) is 23.1 Å². The number of para-hydroxylation sites is 2. The molecule has 1 amide bonds. The highest BCUT2D eigenvalue weighted by atomic mass is 16.6. The summed E-state index contributed by atoms with van der Waals surface area (Å²) in [6.45, 7) is 1.96. The quantitative estimate of drug-likeness (QED) is 0.228. The maximum Gasteiger partial charge on any atom is 0.292 e. The molecule has 31 heavy (non-hydrogen) atoms. The molecule has 0 fully saturated rings. The largest absolute Gasteiger partial charge is 0.383 e. The summed E-state index contributed by atoms with van der Waals surface area (Å²) in [4.78, 5) is 31.5. The lowest BCUT2D eigenvalue weighted by molar-refractivity contribution is -0.383. The molecule has 0 saturated carbocycles. The van der Waals surface area contributed by atoms with Crippen molar-refractivity contribution in [3.8, 4) is 17.3 Å². The van der Waals surface area contributed by atoms with Gasteiger partial charge in [0.05, 0.1) is 10.6 Å². The lowest BCUT2D eigenvalue weighted by Crippen LogP contribution is -2.15. The van der Waals surface area contributed by atoms with Gasteiger partial charge in [0.1, 0.15) is 11.5 Å². The summed E-state index contributed by atoms with van der Waals surface area (Å²) in [5.41, 5.74) is 8.95. The van der Waals surface area contributed by atoms with E-state index in [1.807, 2.05) is 31.2 Å². The van der Waals surface area contributed by atoms with Crippen LogP contribution in [0.25, 0.3) is 11.1 Å². The van der Waals surface area contributed by atoms with Gasteiger partial charge < -0.3 is 11.1 Å². The first-order valence-corrected chi connectivity index (χ1v) is 9.31. The monoisotopic (exact) mass is 417 g/mol. The zero-order chi connectivity index (χ0) is 22.4. The molecule has 0 saturated heterocycles. The van der Waals surface area contributed by atoms with Gasteiger partial charge in [-0.2, -0.15) is 10.2 Å². The maximum atomic E-state index is 12.5. The normalized spacial score (nSPS) is 10.2. The molecular weight excluding hydrogens is 398 g/mol. The average Bonchev–Trinajstić information content (AvgIpc) is 2.73. The third kappa shape index (κ3) is 5.10. The number of nitro groups is 1. The zero-order valence-electron chi connectivity index (χ0n) is 16.6. The van der Waals surface area contributed by atoms with Gasteiger partial charge in [0.25, 0.3) is 5.69 Å². The molecule has 0 unspecified atom stereocenters. The van der Waals surface area contributed by atoms with Crippen LogP contribution >= 0.6 is 0 Å². The van der Waals surface area contributed by atoms with Gasteiger partial charge in [-0.15, -0.1) is 0 Å². The van der Waals surface area contributed by atoms with E-state index in [0.29, 0.717) is 11.3 Å². The Hall–Kier alpha value is -4.52. The summed E-state index contributed by atoms with van der Waals surface area (Å²) in [7, 11) is 0. The van der Waals surface area contributed by atoms with E-state index in [0.717, 1.165) is 11.1 Å². The minimum absolute atomic E-state index is 0.00659. The number of nitriles is 1. The van der Waals surface area contributed by atoms with Crippen LogP contribution in [0.5, 0.6) is 0 Å². The van der Waals surface area contributed by atoms with E-state index in [2.05, 4.69) is 20.6 Å². The van der Waals surface area contributed by atoms with Gasteiger partial charge >= 0.3 is 0 Å². The molecule has 4 N–H and O–H groups in total. The fourth-order valence-electron chi connectivity index (χ4n) is 3.03. The maximum absolute atomic E-state index is 12.5. The van der Waals surface area contributed by atoms with Crippen molar-refractivity contribution >= 4 is 29.0 Å². The second-order valence-electron chi connectivity index (χ2n) is 6.68. The second kappa shape index (κ2) is 9.32. The number of nitrogens with zero attached hydrogens (tertiary/aromatic N) is 4. The van der Waals surface area contributed by atoms with E-state index in [9.17, 15) is 14.9 Å². The molecule has 3 aromatic rings. The highest BCUT2D eigenvalue weighted by Gasteiger charge is 2.18. The summed E-state index contributed by atoms with van der Waals surface area (Å²) in [6, 6.07) is 13.5. The first-order valence-electron chi connectivity index (χ1n) is 9.31. The number of hydrogen-bond acceptors (Lipinski definition) is 8. The van der Waals surface area contributed by atoms with Gasteiger partial charge in [-0.25, -0.2) is 4.98 Å². The molecule has 0 spiro atoms. The number of anilines is 3. The zero-order valence-corrected chi connectivity index (χ0v) is 16.6. The third-order valence-electron chi connectivity index (χ3n) is 4.48. The van der Waals surface area contributed by atoms with Crippen molar-refractivity contribution in [2.75, 3.05) is 16.4 Å². The summed E-state index contributed by atoms with van der Waals surface area (Å²) in [6.07, 6.45) is 1.92. The highest BCUT2D eigenvalue weighted by Crippen LogP contribution is 2.30. The van der Waals surface area contributed by atoms with Crippen LogP contribution in [0.1, 0.15) is 17.7 Å². The van der Waals surface area contributed by atoms with Crippen LogP contribution in [0.2, 0.25) is 0 Å². The van der Waals surface area contributed by atoms with Crippen molar-refractivity contribution in [3.05, 3.63) is 69.9 Å². The molecule has 0 aliphatic heterocycles. The third-order valence-corrected chi connectivity index (χ3v) is 4.48. The molecular formula is C21H19N7O3. The lowest BCUT2D eigenvalue weighted by atomic mass is 10.0. The molecule has 156 valence electrons. The van der Waals surface area contributed by atoms with Crippen LogP contribution in [-0.2, 0) is 11.2 Å². The van der Waals surface area contributed by atoms with Crippen LogP contribution in [0, 0.1) is 28.5 Å². The van der Waals surface area contributed by atoms with E-state index in [1.54, 1.807) is 12.3 Å². The molecule has 0 atom stereocenters. The number of nitrogens with two attached hydrogens (primary N) is 1. The molecule has 3 rings (SSSR count). The van der Waals surface area contributed by atoms with E-state index >= 15 is 0 Å². The molecule has 10 heteroatoms. The molecule has 1 aromatic heterocycles. The van der Waals surface area contributed by atoms with E-state index < -0.39 is 10.8 Å². The molecule has 0 aliphatic carbocycles. The van der Waals surface area contributed by atoms with Gasteiger partial charge in [0.15, 0.2) is 6.19 Å². The number of nitrogens with one attached hydrogen (secondary N) is 2. The number of hydrogen-bond donors (Lipinski definition) is 3. The number of carbonyl (C=O) groups excluding carboxylic acids is 1. The van der Waals surface area contributed by atoms with Crippen molar-refractivity contribution in [1.82, 2.24) is 9.97 Å². The summed E-state index contributed by atoms with van der Waals surface area (Å²) < 4.78 is 0. The predicted molar refractivity (Wildman–Crippen MR) is 116 cm³/mol. The number of nitrogen functional groups attached to an aromatic ring is 1. The highest BCUT2D eigenvalue weighted by molar-refractivity contribution is 5.93. The molecule has 0 radical (unpaired) electrons. The smallest absolute Gasteiger partial charge is 0.292 e. The van der Waals surface area contributed by atoms with Crippen LogP contribution in [-0.4, -0.2) is 20.8 Å². The van der Waals surface area contributed by atoms with E-state index in [1.165, 1.54) is 18.2 Å². The van der Waals surface area contributed by atoms with E-state index in [-0.39, 0.29) is 36.0 Å². The number of rotatable bonds is 7. The first-order chi connectivity index (χ1) is 14.9. The van der Waals surface area contributed by atoms with Crippen molar-refractivity contribution in [2.24, 2.45) is 0 Å². The predicted octanol–water partition coefficient (Wildman–Crippen LogP) is 3.41. The Morgan fingerprint density at radius 1 is 1.19 bits per heavy atom. The Labute approximate surface area is 177 Å². The number of nitro benzene ring substituents is 1. The van der Waals surface area contributed by atoms with E-state index in [4.69, 9.17) is 11.0 Å². The Kier molecular flexibility index (Phi) is 6.37. The van der Waals surface area contributed by atoms with Gasteiger partial charge in [-0.1, -0.05) is 42.0 Å². The number of aromatic nitrogens is 2. The van der Waals surface area contributed by atoms with Crippen molar-refractivity contribution < 1.29 is 9.72 Å². The first kappa shape index (κ1) is 21.2. The minimum atomic E-state index is -0.559. The van der Waals surface area contributed by atoms with Crippen molar-refractivity contribution in [3.63, 3.8) is 0 Å². The second-order valence-corrected chi connectivity index (χ2v) is 6.68. The fourth-order valence-corrected chi connectivity index (χ4v) is 3.03. The number of aryl methyl sites for hydroxylation is 2. The Balaban J connectivity index is 1.86. The Morgan fingerprint density at radius 2 is 1.90 bits per heavy atom. The number of amides is 1. The van der Waals surface area contributed by atoms with Gasteiger partial charge in [0, 0.05) is 18.1 Å². The van der Waals surface area contributed by atoms with Crippen molar-refractivity contribution in [1.29, 1.82) is 5.26 Å². The van der Waals surface area contributed by atoms with Gasteiger partial charge in [-0.3, -0.25) is 20.2 Å². The Morgan fingerprint density at radius 3 is 2.58 bits per heavy atom. The summed E-state index contributed by atoms with van der Waals surface area (Å²) in [5, 5.41) is 24.9. The average molecular weight is 417 g/mol. The standard InChI is InChI=1S/C21H19N7O3/c1-13-6-8-14(9-7-13)19-16(26-21(24-12-22)27-20(19)23)10-11-18(29)25-15-4-2-3-5-17(15)28(30)31/h2-9H,10-11H2,1H3,(H,25,29)(H3,23,24,26,27). The van der Waals surface area contributed by atoms with Crippen molar-refractivity contribution in [2.45, 2.75) is 19.8 Å². The van der Waals surface area contributed by atoms with Gasteiger partial charge in [0.2, 0.25) is 11.9 Å². The van der Waals surface area contributed by atoms with Crippen LogP contribution < -0.4 is 16.4 Å². The number of carbonyl (C=O) groups is 1. The topological polar surface area (TPSA) is 160 Å². The Bertz CT molecular complexity index is 1170. The molecule has 1 heterocycles. The SMILES string of the molecule is Cc1ccc(-c2c(N)nc(NC#N)nc2CCC(=O)Nc2ccccc2[N+](=O)[O-])cc1. The summed E-state index contributed by atoms with van der Waals surface area (Å²) in [5.74, 6) is -0.216. The minimum Gasteiger partial charge on any atom is -0.383 e. The number of benzene rings is 2. The summed E-state index contributed by atoms with van der Waals surface area (Å²) >= 11 is 0.